The van der Waals surface area contributed by atoms with Crippen LogP contribution in [0.15, 0.2) is 24.3 Å². The SMILES string of the molecule is CC1CC(NC(=O)OC(C)(C)C)CCN1c1nc2ccccc2s1. The molecular weight excluding hydrogens is 322 g/mol. The number of ether oxygens (including phenoxy) is 1. The molecule has 0 aliphatic carbocycles. The first-order valence-electron chi connectivity index (χ1n) is 8.43. The summed E-state index contributed by atoms with van der Waals surface area (Å²) in [5.74, 6) is 0. The zero-order valence-corrected chi connectivity index (χ0v) is 15.5. The number of aromatic nitrogens is 1. The largest absolute Gasteiger partial charge is 0.444 e. The molecule has 0 bridgehead atoms. The highest BCUT2D eigenvalue weighted by atomic mass is 32.1. The minimum Gasteiger partial charge on any atom is -0.444 e. The van der Waals surface area contributed by atoms with E-state index < -0.39 is 5.60 Å². The van der Waals surface area contributed by atoms with Crippen LogP contribution < -0.4 is 10.2 Å². The van der Waals surface area contributed by atoms with Crippen LogP contribution in [0.2, 0.25) is 0 Å². The summed E-state index contributed by atoms with van der Waals surface area (Å²) in [5.41, 5.74) is 0.593. The zero-order valence-electron chi connectivity index (χ0n) is 14.7. The van der Waals surface area contributed by atoms with Gasteiger partial charge in [-0.3, -0.25) is 0 Å². The number of alkyl carbamates (subject to hydrolysis) is 1. The summed E-state index contributed by atoms with van der Waals surface area (Å²) in [6.45, 7) is 8.72. The van der Waals surface area contributed by atoms with E-state index in [2.05, 4.69) is 29.3 Å². The van der Waals surface area contributed by atoms with Gasteiger partial charge in [-0.2, -0.15) is 0 Å². The lowest BCUT2D eigenvalue weighted by Gasteiger charge is -2.37. The lowest BCUT2D eigenvalue weighted by atomic mass is 9.99. The molecule has 0 saturated carbocycles. The van der Waals surface area contributed by atoms with E-state index in [1.165, 1.54) is 4.70 Å². The molecule has 1 aliphatic heterocycles. The number of amides is 1. The second-order valence-electron chi connectivity index (χ2n) is 7.37. The maximum atomic E-state index is 11.9. The van der Waals surface area contributed by atoms with E-state index in [9.17, 15) is 4.79 Å². The number of benzene rings is 1. The smallest absolute Gasteiger partial charge is 0.407 e. The van der Waals surface area contributed by atoms with E-state index in [4.69, 9.17) is 9.72 Å². The Morgan fingerprint density at radius 2 is 2.12 bits per heavy atom. The molecule has 2 aromatic rings. The van der Waals surface area contributed by atoms with Crippen molar-refractivity contribution in [2.24, 2.45) is 0 Å². The number of nitrogens with one attached hydrogen (secondary N) is 1. The van der Waals surface area contributed by atoms with Crippen molar-refractivity contribution in [1.82, 2.24) is 10.3 Å². The molecule has 3 rings (SSSR count). The summed E-state index contributed by atoms with van der Waals surface area (Å²) in [4.78, 5) is 19.0. The van der Waals surface area contributed by atoms with Gasteiger partial charge in [-0.25, -0.2) is 9.78 Å². The quantitative estimate of drug-likeness (QED) is 0.885. The number of fused-ring (bicyclic) bond motifs is 1. The number of thiazole rings is 1. The van der Waals surface area contributed by atoms with Crippen LogP contribution in [0.1, 0.15) is 40.5 Å². The number of hydrogen-bond acceptors (Lipinski definition) is 5. The third-order valence-corrected chi connectivity index (χ3v) is 5.20. The number of anilines is 1. The van der Waals surface area contributed by atoms with Crippen molar-refractivity contribution in [3.8, 4) is 0 Å². The number of carbonyl (C=O) groups excluding carboxylic acids is 1. The van der Waals surface area contributed by atoms with Crippen LogP contribution >= 0.6 is 11.3 Å². The standard InChI is InChI=1S/C18H25N3O2S/c1-12-11-13(19-17(22)23-18(2,3)4)9-10-21(12)16-20-14-7-5-6-8-15(14)24-16/h5-8,12-13H,9-11H2,1-4H3,(H,19,22). The van der Waals surface area contributed by atoms with E-state index in [1.54, 1.807) is 11.3 Å². The van der Waals surface area contributed by atoms with Crippen molar-refractivity contribution < 1.29 is 9.53 Å². The van der Waals surface area contributed by atoms with E-state index in [1.807, 2.05) is 32.9 Å². The second kappa shape index (κ2) is 6.59. The first kappa shape index (κ1) is 17.0. The number of hydrogen-bond donors (Lipinski definition) is 1. The molecule has 0 radical (unpaired) electrons. The van der Waals surface area contributed by atoms with E-state index >= 15 is 0 Å². The monoisotopic (exact) mass is 347 g/mol. The molecule has 2 unspecified atom stereocenters. The van der Waals surface area contributed by atoms with Crippen molar-refractivity contribution in [1.29, 1.82) is 0 Å². The molecule has 130 valence electrons. The third kappa shape index (κ3) is 3.98. The molecule has 5 nitrogen and oxygen atoms in total. The predicted octanol–water partition coefficient (Wildman–Crippen LogP) is 4.18. The van der Waals surface area contributed by atoms with Crippen molar-refractivity contribution >= 4 is 32.8 Å². The fourth-order valence-corrected chi connectivity index (χ4v) is 4.14. The molecule has 1 saturated heterocycles. The van der Waals surface area contributed by atoms with Crippen LogP contribution in [-0.4, -0.2) is 35.3 Å². The Balaban J connectivity index is 1.62. The molecule has 1 aromatic carbocycles. The highest BCUT2D eigenvalue weighted by Crippen LogP contribution is 2.32. The van der Waals surface area contributed by atoms with Crippen LogP contribution in [0.4, 0.5) is 9.93 Å². The summed E-state index contributed by atoms with van der Waals surface area (Å²) in [6, 6.07) is 8.71. The Labute approximate surface area is 147 Å². The van der Waals surface area contributed by atoms with Crippen LogP contribution in [-0.2, 0) is 4.74 Å². The van der Waals surface area contributed by atoms with Gasteiger partial charge in [0.15, 0.2) is 5.13 Å². The molecule has 2 heterocycles. The highest BCUT2D eigenvalue weighted by molar-refractivity contribution is 7.22. The van der Waals surface area contributed by atoms with E-state index in [-0.39, 0.29) is 12.1 Å². The maximum Gasteiger partial charge on any atom is 0.407 e. The molecule has 2 atom stereocenters. The maximum absolute atomic E-state index is 11.9. The minimum absolute atomic E-state index is 0.153. The minimum atomic E-state index is -0.461. The average Bonchev–Trinajstić information content (AvgIpc) is 2.88. The summed E-state index contributed by atoms with van der Waals surface area (Å²) in [5, 5.41) is 4.07. The molecule has 1 aromatic heterocycles. The third-order valence-electron chi connectivity index (χ3n) is 4.13. The lowest BCUT2D eigenvalue weighted by molar-refractivity contribution is 0.0494. The fourth-order valence-electron chi connectivity index (χ4n) is 3.04. The molecule has 6 heteroatoms. The van der Waals surface area contributed by atoms with Gasteiger partial charge in [0.25, 0.3) is 0 Å². The van der Waals surface area contributed by atoms with Crippen LogP contribution in [0.5, 0.6) is 0 Å². The van der Waals surface area contributed by atoms with Gasteiger partial charge in [0, 0.05) is 18.6 Å². The van der Waals surface area contributed by atoms with Crippen molar-refractivity contribution in [3.05, 3.63) is 24.3 Å². The van der Waals surface area contributed by atoms with Gasteiger partial charge < -0.3 is 15.0 Å². The number of rotatable bonds is 2. The summed E-state index contributed by atoms with van der Waals surface area (Å²) >= 11 is 1.73. The molecular formula is C18H25N3O2S. The van der Waals surface area contributed by atoms with Gasteiger partial charge in [0.05, 0.1) is 10.2 Å². The van der Waals surface area contributed by atoms with Crippen LogP contribution in [0.3, 0.4) is 0 Å². The van der Waals surface area contributed by atoms with Gasteiger partial charge >= 0.3 is 6.09 Å². The fraction of sp³-hybridized carbons (Fsp3) is 0.556. The van der Waals surface area contributed by atoms with Crippen LogP contribution in [0.25, 0.3) is 10.2 Å². The Morgan fingerprint density at radius 3 is 2.79 bits per heavy atom. The van der Waals surface area contributed by atoms with Gasteiger partial charge in [0.1, 0.15) is 5.60 Å². The number of piperidine rings is 1. The zero-order chi connectivity index (χ0) is 17.3. The number of carbonyl (C=O) groups is 1. The van der Waals surface area contributed by atoms with Crippen molar-refractivity contribution in [2.75, 3.05) is 11.4 Å². The molecule has 1 fully saturated rings. The Morgan fingerprint density at radius 1 is 1.38 bits per heavy atom. The number of nitrogens with zero attached hydrogens (tertiary/aromatic N) is 2. The highest BCUT2D eigenvalue weighted by Gasteiger charge is 2.29. The number of para-hydroxylation sites is 1. The molecule has 1 aliphatic rings. The van der Waals surface area contributed by atoms with Gasteiger partial charge in [-0.1, -0.05) is 23.5 Å². The van der Waals surface area contributed by atoms with Crippen molar-refractivity contribution in [2.45, 2.75) is 58.2 Å². The first-order chi connectivity index (χ1) is 11.3. The van der Waals surface area contributed by atoms with E-state index in [0.717, 1.165) is 30.0 Å². The summed E-state index contributed by atoms with van der Waals surface area (Å²) < 4.78 is 6.57. The van der Waals surface area contributed by atoms with Gasteiger partial charge in [-0.05, 0) is 52.7 Å². The summed E-state index contributed by atoms with van der Waals surface area (Å²) in [7, 11) is 0. The van der Waals surface area contributed by atoms with Crippen molar-refractivity contribution in [3.63, 3.8) is 0 Å². The normalized spacial score (nSPS) is 21.8. The Bertz CT molecular complexity index is 689. The van der Waals surface area contributed by atoms with Gasteiger partial charge in [0.2, 0.25) is 0 Å². The van der Waals surface area contributed by atoms with Gasteiger partial charge in [-0.15, -0.1) is 0 Å². The summed E-state index contributed by atoms with van der Waals surface area (Å²) in [6.07, 6.45) is 1.47. The molecule has 1 amide bonds. The van der Waals surface area contributed by atoms with Crippen LogP contribution in [0, 0.1) is 0 Å². The Hall–Kier alpha value is -1.82. The molecule has 0 spiro atoms. The lowest BCUT2D eigenvalue weighted by Crippen LogP contribution is -2.49. The molecule has 1 N–H and O–H groups in total. The van der Waals surface area contributed by atoms with E-state index in [0.29, 0.717) is 6.04 Å². The topological polar surface area (TPSA) is 54.5 Å². The molecule has 24 heavy (non-hydrogen) atoms. The second-order valence-corrected chi connectivity index (χ2v) is 8.38. The Kier molecular flexibility index (Phi) is 4.67. The first-order valence-corrected chi connectivity index (χ1v) is 9.25. The average molecular weight is 347 g/mol. The predicted molar refractivity (Wildman–Crippen MR) is 98.8 cm³/mol.